The van der Waals surface area contributed by atoms with Gasteiger partial charge in [-0.1, -0.05) is 17.7 Å². The predicted molar refractivity (Wildman–Crippen MR) is 98.7 cm³/mol. The summed E-state index contributed by atoms with van der Waals surface area (Å²) >= 11 is 6.00. The van der Waals surface area contributed by atoms with E-state index in [4.69, 9.17) is 11.6 Å². The van der Waals surface area contributed by atoms with Crippen LogP contribution in [0.1, 0.15) is 6.92 Å². The molecule has 1 N–H and O–H groups in total. The third kappa shape index (κ3) is 3.11. The van der Waals surface area contributed by atoms with Gasteiger partial charge in [-0.2, -0.15) is 4.98 Å². The summed E-state index contributed by atoms with van der Waals surface area (Å²) in [6.07, 6.45) is 1.85. The van der Waals surface area contributed by atoms with Gasteiger partial charge in [0.05, 0.1) is 33.2 Å². The number of imidazole rings is 1. The summed E-state index contributed by atoms with van der Waals surface area (Å²) in [5.41, 5.74) is 0.132. The molecule has 0 unspecified atom stereocenters. The Bertz CT molecular complexity index is 942. The molecule has 25 heavy (non-hydrogen) atoms. The fourth-order valence-electron chi connectivity index (χ4n) is 3.15. The van der Waals surface area contributed by atoms with Crippen molar-refractivity contribution in [3.05, 3.63) is 31.9 Å². The molecule has 0 atom stereocenters. The van der Waals surface area contributed by atoms with Crippen LogP contribution in [0.5, 0.6) is 0 Å². The average molecular weight is 368 g/mol. The fraction of sp³-hybridized carbons (Fsp3) is 0.562. The molecule has 9 heteroatoms. The second kappa shape index (κ2) is 6.68. The molecule has 0 spiro atoms. The number of quaternary nitrogens is 1. The monoisotopic (exact) mass is 367 g/mol. The average Bonchev–Trinajstić information content (AvgIpc) is 2.96. The Balaban J connectivity index is 2.25. The van der Waals surface area contributed by atoms with Crippen molar-refractivity contribution < 1.29 is 4.90 Å². The van der Waals surface area contributed by atoms with Crippen molar-refractivity contribution in [1.82, 2.24) is 18.7 Å². The Labute approximate surface area is 150 Å². The largest absolute Gasteiger partial charge is 0.334 e. The zero-order valence-electron chi connectivity index (χ0n) is 15.0. The van der Waals surface area contributed by atoms with Gasteiger partial charge in [-0.3, -0.25) is 13.9 Å². The maximum atomic E-state index is 12.7. The smallest absolute Gasteiger partial charge is 0.332 e. The molecule has 1 aliphatic rings. The summed E-state index contributed by atoms with van der Waals surface area (Å²) in [5.74, 6) is 0.718. The summed E-state index contributed by atoms with van der Waals surface area (Å²) < 4.78 is 4.41. The molecular weight excluding hydrogens is 344 g/mol. The van der Waals surface area contributed by atoms with E-state index in [2.05, 4.69) is 16.9 Å². The first-order valence-electron chi connectivity index (χ1n) is 8.36. The number of aryl methyl sites for hydroxylation is 1. The Morgan fingerprint density at radius 1 is 1.24 bits per heavy atom. The van der Waals surface area contributed by atoms with Gasteiger partial charge < -0.3 is 14.4 Å². The lowest BCUT2D eigenvalue weighted by molar-refractivity contribution is -0.880. The third-order valence-electron chi connectivity index (χ3n) is 4.78. The lowest BCUT2D eigenvalue weighted by Gasteiger charge is -2.31. The molecule has 2 aromatic rings. The predicted octanol–water partition coefficient (Wildman–Crippen LogP) is -1.09. The van der Waals surface area contributed by atoms with Crippen molar-refractivity contribution in [1.29, 1.82) is 0 Å². The summed E-state index contributed by atoms with van der Waals surface area (Å²) in [4.78, 5) is 33.3. The van der Waals surface area contributed by atoms with Crippen LogP contribution in [0, 0.1) is 0 Å². The number of nitrogens with one attached hydrogen (secondary N) is 1. The maximum absolute atomic E-state index is 12.7. The van der Waals surface area contributed by atoms with Gasteiger partial charge in [-0.05, 0) is 6.92 Å². The van der Waals surface area contributed by atoms with Crippen LogP contribution in [0.25, 0.3) is 11.2 Å². The highest BCUT2D eigenvalue weighted by Gasteiger charge is 2.25. The van der Waals surface area contributed by atoms with Gasteiger partial charge in [-0.15, -0.1) is 0 Å². The molecule has 1 fully saturated rings. The standard InChI is InChI=1S/C16H23ClN6O2/c1-11(17)5-6-23-12-13(20(3)16(25)21(4)14(12)24)18-15(23)22-9-7-19(2)8-10-22/h5H,6-10H2,1-4H3/p+1/b11-5+. The highest BCUT2D eigenvalue weighted by atomic mass is 35.5. The summed E-state index contributed by atoms with van der Waals surface area (Å²) in [5, 5.41) is 0.650. The van der Waals surface area contributed by atoms with Crippen LogP contribution in [0.15, 0.2) is 20.7 Å². The van der Waals surface area contributed by atoms with Crippen molar-refractivity contribution in [2.45, 2.75) is 13.5 Å². The minimum Gasteiger partial charge on any atom is -0.334 e. The number of allylic oxidation sites excluding steroid dienone is 2. The van der Waals surface area contributed by atoms with E-state index >= 15 is 0 Å². The molecule has 1 aliphatic heterocycles. The normalized spacial score (nSPS) is 16.8. The first-order chi connectivity index (χ1) is 11.8. The Kier molecular flexibility index (Phi) is 4.75. The van der Waals surface area contributed by atoms with Crippen LogP contribution in [0.2, 0.25) is 0 Å². The number of likely N-dealkylation sites (N-methyl/N-ethyl adjacent to an activating group) is 1. The first-order valence-corrected chi connectivity index (χ1v) is 8.73. The van der Waals surface area contributed by atoms with Gasteiger partial charge in [0.15, 0.2) is 11.2 Å². The number of nitrogens with zero attached hydrogens (tertiary/aromatic N) is 5. The minimum atomic E-state index is -0.374. The Morgan fingerprint density at radius 3 is 2.48 bits per heavy atom. The van der Waals surface area contributed by atoms with E-state index in [1.807, 2.05) is 10.6 Å². The van der Waals surface area contributed by atoms with Crippen LogP contribution >= 0.6 is 11.6 Å². The van der Waals surface area contributed by atoms with Crippen molar-refractivity contribution in [3.8, 4) is 0 Å². The van der Waals surface area contributed by atoms with E-state index < -0.39 is 0 Å². The van der Waals surface area contributed by atoms with E-state index in [9.17, 15) is 9.59 Å². The summed E-state index contributed by atoms with van der Waals surface area (Å²) in [6.45, 7) is 5.95. The molecule has 8 nitrogen and oxygen atoms in total. The highest BCUT2D eigenvalue weighted by Crippen LogP contribution is 2.20. The molecule has 0 bridgehead atoms. The number of piperazine rings is 1. The van der Waals surface area contributed by atoms with Gasteiger partial charge in [0, 0.05) is 25.7 Å². The van der Waals surface area contributed by atoms with E-state index in [1.54, 1.807) is 14.0 Å². The minimum absolute atomic E-state index is 0.336. The maximum Gasteiger partial charge on any atom is 0.332 e. The van der Waals surface area contributed by atoms with Gasteiger partial charge in [0.1, 0.15) is 0 Å². The number of hydrogen-bond acceptors (Lipinski definition) is 4. The van der Waals surface area contributed by atoms with Crippen molar-refractivity contribution in [2.24, 2.45) is 14.1 Å². The highest BCUT2D eigenvalue weighted by molar-refractivity contribution is 6.29. The summed E-state index contributed by atoms with van der Waals surface area (Å²) in [7, 11) is 5.30. The van der Waals surface area contributed by atoms with Crippen LogP contribution in [-0.4, -0.2) is 51.9 Å². The van der Waals surface area contributed by atoms with Crippen LogP contribution < -0.4 is 21.0 Å². The number of aromatic nitrogens is 4. The van der Waals surface area contributed by atoms with E-state index in [1.165, 1.54) is 16.5 Å². The molecular formula is C16H24ClN6O2+. The summed E-state index contributed by atoms with van der Waals surface area (Å²) in [6, 6.07) is 0. The van der Waals surface area contributed by atoms with Gasteiger partial charge in [0.2, 0.25) is 5.95 Å². The third-order valence-corrected chi connectivity index (χ3v) is 4.94. The number of hydrogen-bond donors (Lipinski definition) is 1. The van der Waals surface area contributed by atoms with Gasteiger partial charge in [-0.25, -0.2) is 4.79 Å². The number of rotatable bonds is 3. The van der Waals surface area contributed by atoms with Crippen molar-refractivity contribution in [3.63, 3.8) is 0 Å². The molecule has 0 aliphatic carbocycles. The number of fused-ring (bicyclic) bond motifs is 1. The molecule has 136 valence electrons. The van der Waals surface area contributed by atoms with Gasteiger partial charge in [0.25, 0.3) is 5.56 Å². The number of halogens is 1. The first kappa shape index (κ1) is 17.8. The zero-order chi connectivity index (χ0) is 18.3. The molecule has 3 heterocycles. The topological polar surface area (TPSA) is 69.5 Å². The lowest BCUT2D eigenvalue weighted by Crippen LogP contribution is -3.12. The van der Waals surface area contributed by atoms with Crippen molar-refractivity contribution in [2.75, 3.05) is 38.1 Å². The van der Waals surface area contributed by atoms with E-state index in [0.717, 1.165) is 36.7 Å². The molecule has 0 aromatic carbocycles. The Hall–Kier alpha value is -2.06. The quantitative estimate of drug-likeness (QED) is 0.748. The molecule has 3 rings (SSSR count). The second-order valence-corrected chi connectivity index (χ2v) is 7.23. The molecule has 2 aromatic heterocycles. The van der Waals surface area contributed by atoms with Crippen LogP contribution in [0.3, 0.4) is 0 Å². The zero-order valence-corrected chi connectivity index (χ0v) is 15.8. The SMILES string of the molecule is C/C(Cl)=C\Cn1c(N2CC[NH+](C)CC2)nc2c1c(=O)n(C)c(=O)n2C. The van der Waals surface area contributed by atoms with Gasteiger partial charge >= 0.3 is 5.69 Å². The molecule has 1 saturated heterocycles. The molecule has 0 radical (unpaired) electrons. The Morgan fingerprint density at radius 2 is 1.88 bits per heavy atom. The van der Waals surface area contributed by atoms with E-state index in [0.29, 0.717) is 22.7 Å². The van der Waals surface area contributed by atoms with Crippen molar-refractivity contribution >= 4 is 28.7 Å². The number of anilines is 1. The fourth-order valence-corrected chi connectivity index (χ4v) is 3.22. The lowest BCUT2D eigenvalue weighted by atomic mass is 10.3. The van der Waals surface area contributed by atoms with Crippen LogP contribution in [-0.2, 0) is 20.6 Å². The second-order valence-electron chi connectivity index (χ2n) is 6.64. The van der Waals surface area contributed by atoms with E-state index in [-0.39, 0.29) is 11.2 Å². The van der Waals surface area contributed by atoms with Crippen LogP contribution in [0.4, 0.5) is 5.95 Å². The molecule has 0 amide bonds. The molecule has 0 saturated carbocycles.